The molecule has 1 aliphatic carbocycles. The van der Waals surface area contributed by atoms with Crippen LogP contribution in [-0.4, -0.2) is 42.5 Å². The second-order valence-electron chi connectivity index (χ2n) is 7.58. The van der Waals surface area contributed by atoms with Crippen LogP contribution in [0.3, 0.4) is 0 Å². The van der Waals surface area contributed by atoms with Gasteiger partial charge in [-0.1, -0.05) is 5.16 Å². The van der Waals surface area contributed by atoms with Crippen molar-refractivity contribution in [3.63, 3.8) is 0 Å². The number of sulfonamides is 1. The van der Waals surface area contributed by atoms with Crippen LogP contribution < -0.4 is 10.1 Å². The number of aromatic nitrogens is 1. The molecule has 1 aliphatic heterocycles. The van der Waals surface area contributed by atoms with Gasteiger partial charge in [-0.2, -0.15) is 4.31 Å². The molecule has 1 saturated carbocycles. The molecule has 0 spiro atoms. The molecule has 1 aromatic heterocycles. The number of hydrogen-bond donors (Lipinski definition) is 1. The van der Waals surface area contributed by atoms with Crippen LogP contribution in [0.2, 0.25) is 0 Å². The van der Waals surface area contributed by atoms with Gasteiger partial charge in [0.05, 0.1) is 11.0 Å². The number of nitrogens with zero attached hydrogens (tertiary/aromatic N) is 2. The molecule has 1 N–H and O–H groups in total. The number of aryl methyl sites for hydroxylation is 1. The van der Waals surface area contributed by atoms with Gasteiger partial charge >= 0.3 is 0 Å². The third-order valence-electron chi connectivity index (χ3n) is 5.42. The standard InChI is InChI=1S/C20H25N3O5S/c1-14-13-19(22-28-14)21-20(24)18-7-4-12-23(18)29(25,26)17-10-8-16(9-11-17)27-15-5-2-3-6-15/h8-11,13,15,18H,2-7,12H2,1H3,(H,21,22,24). The SMILES string of the molecule is Cc1cc(NC(=O)C2CCCN2S(=O)(=O)c2ccc(OC3CCCC3)cc2)no1. The highest BCUT2D eigenvalue weighted by atomic mass is 32.2. The molecule has 0 bridgehead atoms. The number of nitrogens with one attached hydrogen (secondary N) is 1. The number of rotatable bonds is 6. The van der Waals surface area contributed by atoms with Crippen LogP contribution in [0.25, 0.3) is 0 Å². The van der Waals surface area contributed by atoms with E-state index in [2.05, 4.69) is 10.5 Å². The first kappa shape index (κ1) is 19.9. The summed E-state index contributed by atoms with van der Waals surface area (Å²) in [5, 5.41) is 6.37. The smallest absolute Gasteiger partial charge is 0.244 e. The molecule has 1 saturated heterocycles. The molecule has 1 unspecified atom stereocenters. The molecule has 2 fully saturated rings. The highest BCUT2D eigenvalue weighted by Crippen LogP contribution is 2.29. The van der Waals surface area contributed by atoms with Gasteiger partial charge < -0.3 is 14.6 Å². The summed E-state index contributed by atoms with van der Waals surface area (Å²) in [6.45, 7) is 2.02. The second-order valence-corrected chi connectivity index (χ2v) is 9.47. The summed E-state index contributed by atoms with van der Waals surface area (Å²) in [5.74, 6) is 1.12. The lowest BCUT2D eigenvalue weighted by molar-refractivity contribution is -0.119. The van der Waals surface area contributed by atoms with Crippen molar-refractivity contribution in [2.45, 2.75) is 62.5 Å². The molecule has 0 radical (unpaired) electrons. The van der Waals surface area contributed by atoms with Crippen LogP contribution in [0.15, 0.2) is 39.8 Å². The molecule has 9 heteroatoms. The summed E-state index contributed by atoms with van der Waals surface area (Å²) in [6.07, 6.45) is 5.71. The van der Waals surface area contributed by atoms with Gasteiger partial charge in [0, 0.05) is 12.6 Å². The molecule has 156 valence electrons. The first-order valence-electron chi connectivity index (χ1n) is 9.96. The fourth-order valence-electron chi connectivity index (χ4n) is 3.95. The molecule has 2 aliphatic rings. The lowest BCUT2D eigenvalue weighted by Gasteiger charge is -2.23. The van der Waals surface area contributed by atoms with E-state index in [4.69, 9.17) is 9.26 Å². The van der Waals surface area contributed by atoms with E-state index < -0.39 is 22.0 Å². The minimum absolute atomic E-state index is 0.160. The van der Waals surface area contributed by atoms with Crippen molar-refractivity contribution < 1.29 is 22.5 Å². The fraction of sp³-hybridized carbons (Fsp3) is 0.500. The van der Waals surface area contributed by atoms with Gasteiger partial charge in [-0.25, -0.2) is 8.42 Å². The zero-order valence-electron chi connectivity index (χ0n) is 16.3. The Labute approximate surface area is 170 Å². The van der Waals surface area contributed by atoms with Crippen LogP contribution in [0.4, 0.5) is 5.82 Å². The van der Waals surface area contributed by atoms with Crippen LogP contribution in [-0.2, 0) is 14.8 Å². The maximum absolute atomic E-state index is 13.1. The Kier molecular flexibility index (Phi) is 5.60. The van der Waals surface area contributed by atoms with Crippen LogP contribution in [0, 0.1) is 6.92 Å². The normalized spacial score (nSPS) is 20.8. The number of hydrogen-bond acceptors (Lipinski definition) is 6. The highest BCUT2D eigenvalue weighted by molar-refractivity contribution is 7.89. The first-order valence-corrected chi connectivity index (χ1v) is 11.4. The zero-order valence-corrected chi connectivity index (χ0v) is 17.2. The Bertz CT molecular complexity index is 964. The van der Waals surface area contributed by atoms with Gasteiger partial charge in [-0.15, -0.1) is 0 Å². The van der Waals surface area contributed by atoms with Crippen LogP contribution in [0.5, 0.6) is 5.75 Å². The molecule has 2 aromatic rings. The lowest BCUT2D eigenvalue weighted by Crippen LogP contribution is -2.43. The third-order valence-corrected chi connectivity index (χ3v) is 7.34. The Morgan fingerprint density at radius 3 is 2.55 bits per heavy atom. The molecule has 4 rings (SSSR count). The highest BCUT2D eigenvalue weighted by Gasteiger charge is 2.39. The minimum atomic E-state index is -3.79. The molecule has 1 amide bonds. The summed E-state index contributed by atoms with van der Waals surface area (Å²) in [7, 11) is -3.79. The topological polar surface area (TPSA) is 102 Å². The predicted octanol–water partition coefficient (Wildman–Crippen LogP) is 3.10. The number of carbonyl (C=O) groups excluding carboxylic acids is 1. The van der Waals surface area contributed by atoms with Crippen molar-refractivity contribution in [1.82, 2.24) is 9.46 Å². The number of benzene rings is 1. The maximum Gasteiger partial charge on any atom is 0.244 e. The fourth-order valence-corrected chi connectivity index (χ4v) is 5.61. The molecule has 8 nitrogen and oxygen atoms in total. The van der Waals surface area contributed by atoms with Crippen molar-refractivity contribution in [3.05, 3.63) is 36.1 Å². The Morgan fingerprint density at radius 1 is 1.17 bits per heavy atom. The average Bonchev–Trinajstić information content (AvgIpc) is 3.44. The lowest BCUT2D eigenvalue weighted by atomic mass is 10.2. The van der Waals surface area contributed by atoms with Crippen molar-refractivity contribution in [3.8, 4) is 5.75 Å². The zero-order chi connectivity index (χ0) is 20.4. The Balaban J connectivity index is 1.47. The van der Waals surface area contributed by atoms with E-state index in [1.807, 2.05) is 0 Å². The van der Waals surface area contributed by atoms with E-state index in [0.29, 0.717) is 30.9 Å². The third kappa shape index (κ3) is 4.30. The van der Waals surface area contributed by atoms with Crippen molar-refractivity contribution >= 4 is 21.7 Å². The second kappa shape index (κ2) is 8.16. The van der Waals surface area contributed by atoms with E-state index in [1.54, 1.807) is 37.3 Å². The number of ether oxygens (including phenoxy) is 1. The first-order chi connectivity index (χ1) is 13.9. The van der Waals surface area contributed by atoms with Gasteiger partial charge in [0.15, 0.2) is 5.82 Å². The van der Waals surface area contributed by atoms with E-state index >= 15 is 0 Å². The molecule has 29 heavy (non-hydrogen) atoms. The predicted molar refractivity (Wildman–Crippen MR) is 106 cm³/mol. The van der Waals surface area contributed by atoms with Crippen molar-refractivity contribution in [1.29, 1.82) is 0 Å². The van der Waals surface area contributed by atoms with Crippen molar-refractivity contribution in [2.24, 2.45) is 0 Å². The molecule has 2 heterocycles. The minimum Gasteiger partial charge on any atom is -0.490 e. The number of carbonyl (C=O) groups is 1. The van der Waals surface area contributed by atoms with Gasteiger partial charge in [0.25, 0.3) is 0 Å². The van der Waals surface area contributed by atoms with Crippen LogP contribution in [0.1, 0.15) is 44.3 Å². The number of anilines is 1. The average molecular weight is 420 g/mol. The van der Waals surface area contributed by atoms with E-state index in [1.165, 1.54) is 17.1 Å². The summed E-state index contributed by atoms with van der Waals surface area (Å²) >= 11 is 0. The van der Waals surface area contributed by atoms with Gasteiger partial charge in [0.1, 0.15) is 17.6 Å². The van der Waals surface area contributed by atoms with Crippen molar-refractivity contribution in [2.75, 3.05) is 11.9 Å². The summed E-state index contributed by atoms with van der Waals surface area (Å²) in [5.41, 5.74) is 0. The molecule has 1 aromatic carbocycles. The summed E-state index contributed by atoms with van der Waals surface area (Å²) in [6, 6.07) is 7.30. The Morgan fingerprint density at radius 2 is 1.90 bits per heavy atom. The number of amides is 1. The van der Waals surface area contributed by atoms with Crippen LogP contribution >= 0.6 is 0 Å². The summed E-state index contributed by atoms with van der Waals surface area (Å²) in [4.78, 5) is 12.8. The quantitative estimate of drug-likeness (QED) is 0.772. The van der Waals surface area contributed by atoms with E-state index in [-0.39, 0.29) is 16.8 Å². The van der Waals surface area contributed by atoms with Gasteiger partial charge in [-0.05, 0) is 69.7 Å². The molecular weight excluding hydrogens is 394 g/mol. The van der Waals surface area contributed by atoms with Gasteiger partial charge in [-0.3, -0.25) is 4.79 Å². The van der Waals surface area contributed by atoms with Gasteiger partial charge in [0.2, 0.25) is 15.9 Å². The monoisotopic (exact) mass is 419 g/mol. The molecule has 1 atom stereocenters. The maximum atomic E-state index is 13.1. The largest absolute Gasteiger partial charge is 0.490 e. The Hall–Kier alpha value is -2.39. The molecular formula is C20H25N3O5S. The van der Waals surface area contributed by atoms with E-state index in [0.717, 1.165) is 12.8 Å². The summed E-state index contributed by atoms with van der Waals surface area (Å²) < 4.78 is 38.4. The van der Waals surface area contributed by atoms with E-state index in [9.17, 15) is 13.2 Å².